The van der Waals surface area contributed by atoms with Crippen molar-refractivity contribution in [3.63, 3.8) is 0 Å². The lowest BCUT2D eigenvalue weighted by molar-refractivity contribution is 0.664. The minimum absolute atomic E-state index is 0.141. The van der Waals surface area contributed by atoms with Crippen LogP contribution in [0.2, 0.25) is 0 Å². The van der Waals surface area contributed by atoms with E-state index in [0.717, 1.165) is 44.8 Å². The highest BCUT2D eigenvalue weighted by Crippen LogP contribution is 2.52. The van der Waals surface area contributed by atoms with Crippen LogP contribution in [0.4, 0.5) is 0 Å². The number of para-hydroxylation sites is 2. The number of imidazole rings is 1. The fraction of sp³-hybridized carbons (Fsp3) is 0.0769. The van der Waals surface area contributed by atoms with Gasteiger partial charge in [-0.3, -0.25) is 9.55 Å². The van der Waals surface area contributed by atoms with E-state index in [2.05, 4.69) is 132 Å². The van der Waals surface area contributed by atoms with Gasteiger partial charge < -0.3 is 4.57 Å². The van der Waals surface area contributed by atoms with E-state index in [-0.39, 0.29) is 5.41 Å². The van der Waals surface area contributed by atoms with Crippen molar-refractivity contribution in [2.45, 2.75) is 19.3 Å². The van der Waals surface area contributed by atoms with Gasteiger partial charge in [0, 0.05) is 33.9 Å². The Hall–Kier alpha value is -5.48. The molecule has 0 radical (unpaired) electrons. The molecule has 0 bridgehead atoms. The lowest BCUT2D eigenvalue weighted by atomic mass is 9.81. The molecule has 9 rings (SSSR count). The van der Waals surface area contributed by atoms with Crippen LogP contribution in [-0.2, 0) is 5.41 Å². The third kappa shape index (κ3) is 3.32. The fourth-order valence-electron chi connectivity index (χ4n) is 7.26. The quantitative estimate of drug-likeness (QED) is 0.219. The second kappa shape index (κ2) is 8.76. The summed E-state index contributed by atoms with van der Waals surface area (Å²) in [6, 6.07) is 45.3. The van der Waals surface area contributed by atoms with Crippen LogP contribution in [0.5, 0.6) is 0 Å². The maximum atomic E-state index is 5.04. The van der Waals surface area contributed by atoms with Gasteiger partial charge in [0.1, 0.15) is 5.82 Å². The van der Waals surface area contributed by atoms with Crippen LogP contribution in [0, 0.1) is 0 Å². The summed E-state index contributed by atoms with van der Waals surface area (Å²) in [7, 11) is 0. The Labute approximate surface area is 249 Å². The van der Waals surface area contributed by atoms with Crippen molar-refractivity contribution < 1.29 is 0 Å². The van der Waals surface area contributed by atoms with Gasteiger partial charge >= 0.3 is 0 Å². The van der Waals surface area contributed by atoms with Gasteiger partial charge in [-0.2, -0.15) is 0 Å². The van der Waals surface area contributed by atoms with Crippen LogP contribution in [0.1, 0.15) is 25.0 Å². The summed E-state index contributed by atoms with van der Waals surface area (Å²) in [4.78, 5) is 9.92. The first-order chi connectivity index (χ1) is 21.1. The van der Waals surface area contributed by atoms with Crippen LogP contribution >= 0.6 is 0 Å². The van der Waals surface area contributed by atoms with E-state index in [4.69, 9.17) is 9.97 Å². The molecule has 0 aliphatic heterocycles. The van der Waals surface area contributed by atoms with E-state index in [1.807, 2.05) is 24.4 Å². The molecule has 5 aromatic carbocycles. The molecule has 0 spiro atoms. The van der Waals surface area contributed by atoms with Gasteiger partial charge in [0.05, 0.1) is 27.6 Å². The van der Waals surface area contributed by atoms with E-state index in [0.29, 0.717) is 0 Å². The van der Waals surface area contributed by atoms with Crippen molar-refractivity contribution >= 4 is 33.0 Å². The van der Waals surface area contributed by atoms with E-state index in [9.17, 15) is 0 Å². The summed E-state index contributed by atoms with van der Waals surface area (Å²) in [6.45, 7) is 4.70. The zero-order valence-electron chi connectivity index (χ0n) is 24.0. The molecule has 204 valence electrons. The van der Waals surface area contributed by atoms with Gasteiger partial charge in [-0.25, -0.2) is 4.98 Å². The summed E-state index contributed by atoms with van der Waals surface area (Å²) in [5.41, 5.74) is 14.0. The SMILES string of the molecule is CC1(C)c2ccccc2-c2ccc3c4ncccc4n(-c4ccc(-n5c(-c6ccccc6)nc6ccccc65)cc4)c3c21. The highest BCUT2D eigenvalue weighted by Gasteiger charge is 2.38. The molecule has 0 atom stereocenters. The molecule has 0 amide bonds. The monoisotopic (exact) mass is 552 g/mol. The highest BCUT2D eigenvalue weighted by atomic mass is 15.1. The zero-order valence-corrected chi connectivity index (χ0v) is 24.0. The first kappa shape index (κ1) is 24.2. The number of pyridine rings is 1. The smallest absolute Gasteiger partial charge is 0.145 e. The van der Waals surface area contributed by atoms with Gasteiger partial charge in [0.25, 0.3) is 0 Å². The van der Waals surface area contributed by atoms with Crippen molar-refractivity contribution in [2.24, 2.45) is 0 Å². The average Bonchev–Trinajstić information content (AvgIpc) is 3.68. The summed E-state index contributed by atoms with van der Waals surface area (Å²) in [5.74, 6) is 0.938. The molecule has 3 aromatic heterocycles. The minimum atomic E-state index is -0.141. The van der Waals surface area contributed by atoms with Gasteiger partial charge in [0.2, 0.25) is 0 Å². The minimum Gasteiger partial charge on any atom is -0.307 e. The van der Waals surface area contributed by atoms with Gasteiger partial charge in [0.15, 0.2) is 0 Å². The molecular formula is C39H28N4. The van der Waals surface area contributed by atoms with Crippen molar-refractivity contribution in [1.82, 2.24) is 19.1 Å². The van der Waals surface area contributed by atoms with E-state index < -0.39 is 0 Å². The third-order valence-electron chi connectivity index (χ3n) is 9.16. The molecule has 8 aromatic rings. The molecule has 1 aliphatic carbocycles. The van der Waals surface area contributed by atoms with Crippen LogP contribution in [0.15, 0.2) is 134 Å². The van der Waals surface area contributed by atoms with E-state index >= 15 is 0 Å². The van der Waals surface area contributed by atoms with Crippen LogP contribution in [-0.4, -0.2) is 19.1 Å². The Bertz CT molecular complexity index is 2360. The average molecular weight is 553 g/mol. The number of hydrogen-bond acceptors (Lipinski definition) is 2. The lowest BCUT2D eigenvalue weighted by Gasteiger charge is -2.23. The first-order valence-electron chi connectivity index (χ1n) is 14.8. The van der Waals surface area contributed by atoms with Crippen LogP contribution < -0.4 is 0 Å². The molecule has 43 heavy (non-hydrogen) atoms. The largest absolute Gasteiger partial charge is 0.307 e. The standard InChI is InChI=1S/C39H28N4/c1-39(2)31-14-7-6-13-28(31)29-22-23-30-36-34(17-10-24-40-36)42(37(30)35(29)39)26-18-20-27(21-19-26)43-33-16-9-8-15-32(33)41-38(43)25-11-4-3-5-12-25/h3-24H,1-2H3. The van der Waals surface area contributed by atoms with Crippen LogP contribution in [0.25, 0.3) is 66.9 Å². The third-order valence-corrected chi connectivity index (χ3v) is 9.16. The predicted octanol–water partition coefficient (Wildman–Crippen LogP) is 9.49. The van der Waals surface area contributed by atoms with Crippen molar-refractivity contribution in [2.75, 3.05) is 0 Å². The Kier molecular flexibility index (Phi) is 4.92. The summed E-state index contributed by atoms with van der Waals surface area (Å²) in [6.07, 6.45) is 1.90. The maximum absolute atomic E-state index is 5.04. The Morgan fingerprint density at radius 3 is 2.12 bits per heavy atom. The fourth-order valence-corrected chi connectivity index (χ4v) is 7.26. The maximum Gasteiger partial charge on any atom is 0.145 e. The predicted molar refractivity (Wildman–Crippen MR) is 176 cm³/mol. The van der Waals surface area contributed by atoms with Gasteiger partial charge in [-0.15, -0.1) is 0 Å². The second-order valence-corrected chi connectivity index (χ2v) is 11.9. The zero-order chi connectivity index (χ0) is 28.7. The summed E-state index contributed by atoms with van der Waals surface area (Å²) < 4.78 is 4.68. The number of nitrogens with zero attached hydrogens (tertiary/aromatic N) is 4. The van der Waals surface area contributed by atoms with Crippen molar-refractivity contribution in [3.05, 3.63) is 145 Å². The highest BCUT2D eigenvalue weighted by molar-refractivity contribution is 6.11. The number of hydrogen-bond donors (Lipinski definition) is 0. The number of fused-ring (bicyclic) bond motifs is 8. The Morgan fingerprint density at radius 2 is 1.28 bits per heavy atom. The molecule has 4 heteroatoms. The molecule has 0 fully saturated rings. The number of aromatic nitrogens is 4. The summed E-state index contributed by atoms with van der Waals surface area (Å²) in [5, 5.41) is 1.19. The molecule has 0 saturated carbocycles. The van der Waals surface area contributed by atoms with Gasteiger partial charge in [-0.1, -0.05) is 86.6 Å². The Balaban J connectivity index is 1.29. The molecule has 4 nitrogen and oxygen atoms in total. The van der Waals surface area contributed by atoms with Gasteiger partial charge in [-0.05, 0) is 76.9 Å². The molecule has 0 unspecified atom stereocenters. The molecule has 3 heterocycles. The molecule has 0 N–H and O–H groups in total. The number of rotatable bonds is 3. The summed E-state index contributed by atoms with van der Waals surface area (Å²) >= 11 is 0. The first-order valence-corrected chi connectivity index (χ1v) is 14.8. The lowest BCUT2D eigenvalue weighted by Crippen LogP contribution is -2.16. The normalized spacial score (nSPS) is 13.5. The number of benzene rings is 5. The van der Waals surface area contributed by atoms with Crippen LogP contribution in [0.3, 0.4) is 0 Å². The van der Waals surface area contributed by atoms with E-state index in [1.165, 1.54) is 33.2 Å². The van der Waals surface area contributed by atoms with Crippen molar-refractivity contribution in [3.8, 4) is 33.9 Å². The topological polar surface area (TPSA) is 35.6 Å². The molecule has 0 saturated heterocycles. The van der Waals surface area contributed by atoms with E-state index in [1.54, 1.807) is 0 Å². The molecular weight excluding hydrogens is 524 g/mol. The van der Waals surface area contributed by atoms with Crippen molar-refractivity contribution in [1.29, 1.82) is 0 Å². The Morgan fingerprint density at radius 1 is 0.581 bits per heavy atom. The molecule has 1 aliphatic rings. The second-order valence-electron chi connectivity index (χ2n) is 11.9.